The van der Waals surface area contributed by atoms with Gasteiger partial charge >= 0.3 is 12.0 Å². The largest absolute Gasteiger partial charge is 0.479 e. The molecule has 7 nitrogen and oxygen atoms in total. The van der Waals surface area contributed by atoms with Crippen LogP contribution in [0.15, 0.2) is 72.9 Å². The van der Waals surface area contributed by atoms with Crippen molar-refractivity contribution < 1.29 is 19.4 Å². The molecule has 1 aromatic heterocycles. The van der Waals surface area contributed by atoms with Gasteiger partial charge in [0.2, 0.25) is 0 Å². The molecule has 0 bridgehead atoms. The number of nitrogens with one attached hydrogen (secondary N) is 1. The van der Waals surface area contributed by atoms with Crippen LogP contribution in [0.4, 0.5) is 10.5 Å². The van der Waals surface area contributed by atoms with Gasteiger partial charge < -0.3 is 15.2 Å². The number of anilines is 1. The van der Waals surface area contributed by atoms with E-state index in [0.29, 0.717) is 19.6 Å². The van der Waals surface area contributed by atoms with E-state index in [1.54, 1.807) is 31.1 Å². The van der Waals surface area contributed by atoms with Crippen LogP contribution in [0.25, 0.3) is 11.3 Å². The molecular formula is C27H31N3O4. The average Bonchev–Trinajstić information content (AvgIpc) is 2.87. The molecule has 34 heavy (non-hydrogen) atoms. The number of carboxylic acid groups (broad SMARTS) is 1. The van der Waals surface area contributed by atoms with Gasteiger partial charge in [0.05, 0.1) is 5.69 Å². The highest BCUT2D eigenvalue weighted by Crippen LogP contribution is 2.23. The van der Waals surface area contributed by atoms with Gasteiger partial charge in [-0.3, -0.25) is 9.88 Å². The molecule has 0 saturated carbocycles. The van der Waals surface area contributed by atoms with Gasteiger partial charge in [-0.1, -0.05) is 54.6 Å². The van der Waals surface area contributed by atoms with Crippen LogP contribution in [0.2, 0.25) is 0 Å². The number of aliphatic carboxylic acids is 1. The van der Waals surface area contributed by atoms with Crippen molar-refractivity contribution in [3.8, 4) is 11.3 Å². The van der Waals surface area contributed by atoms with E-state index in [-0.39, 0.29) is 6.03 Å². The van der Waals surface area contributed by atoms with Crippen LogP contribution in [0.5, 0.6) is 0 Å². The van der Waals surface area contributed by atoms with Crippen molar-refractivity contribution in [2.24, 2.45) is 0 Å². The van der Waals surface area contributed by atoms with E-state index < -0.39 is 12.1 Å². The number of pyridine rings is 1. The Bertz CT molecular complexity index is 1070. The van der Waals surface area contributed by atoms with E-state index in [1.165, 1.54) is 5.56 Å². The molecule has 0 spiro atoms. The second kappa shape index (κ2) is 12.5. The highest BCUT2D eigenvalue weighted by atomic mass is 16.5. The summed E-state index contributed by atoms with van der Waals surface area (Å²) in [7, 11) is 1.73. The first kappa shape index (κ1) is 24.9. The minimum atomic E-state index is -0.971. The van der Waals surface area contributed by atoms with E-state index in [1.807, 2.05) is 48.5 Å². The molecule has 0 aliphatic heterocycles. The Labute approximate surface area is 200 Å². The third-order valence-electron chi connectivity index (χ3n) is 5.51. The number of nitrogens with zero attached hydrogens (tertiary/aromatic N) is 2. The Balaban J connectivity index is 1.57. The van der Waals surface area contributed by atoms with Crippen LogP contribution in [0.1, 0.15) is 24.5 Å². The lowest BCUT2D eigenvalue weighted by Crippen LogP contribution is -2.37. The van der Waals surface area contributed by atoms with Gasteiger partial charge in [0.25, 0.3) is 0 Å². The third kappa shape index (κ3) is 7.15. The molecule has 0 fully saturated rings. The zero-order valence-corrected chi connectivity index (χ0v) is 19.6. The second-order valence-electron chi connectivity index (χ2n) is 7.96. The van der Waals surface area contributed by atoms with Crippen molar-refractivity contribution >= 4 is 17.7 Å². The highest BCUT2D eigenvalue weighted by Gasteiger charge is 2.18. The van der Waals surface area contributed by atoms with Crippen molar-refractivity contribution in [3.05, 3.63) is 84.1 Å². The van der Waals surface area contributed by atoms with Crippen LogP contribution >= 0.6 is 0 Å². The standard InChI is InChI=1S/C27H31N3O4/c1-3-34-25(26(31)32)18-21-11-13-22(14-12-21)24-19-23(15-17-28-24)30(2)27(33)29-16-7-10-20-8-5-4-6-9-20/h4-6,8-9,11-15,17,19,25H,3,7,10,16,18H2,1-2H3,(H,29,33)(H,31,32). The average molecular weight is 462 g/mol. The first-order valence-electron chi connectivity index (χ1n) is 11.4. The molecule has 0 aliphatic carbocycles. The predicted octanol–water partition coefficient (Wildman–Crippen LogP) is 4.56. The minimum absolute atomic E-state index is 0.170. The van der Waals surface area contributed by atoms with Crippen molar-refractivity contribution in [3.63, 3.8) is 0 Å². The maximum Gasteiger partial charge on any atom is 0.333 e. The third-order valence-corrected chi connectivity index (χ3v) is 5.51. The van der Waals surface area contributed by atoms with Crippen molar-refractivity contribution in [2.75, 3.05) is 25.1 Å². The summed E-state index contributed by atoms with van der Waals surface area (Å²) >= 11 is 0. The van der Waals surface area contributed by atoms with Crippen molar-refractivity contribution in [1.82, 2.24) is 10.3 Å². The van der Waals surface area contributed by atoms with Crippen molar-refractivity contribution in [2.45, 2.75) is 32.3 Å². The van der Waals surface area contributed by atoms with E-state index in [2.05, 4.69) is 22.4 Å². The molecule has 1 unspecified atom stereocenters. The number of hydrogen-bond donors (Lipinski definition) is 2. The lowest BCUT2D eigenvalue weighted by molar-refractivity contribution is -0.149. The molecule has 3 aromatic rings. The van der Waals surface area contributed by atoms with Crippen LogP contribution in [-0.4, -0.2) is 48.4 Å². The first-order valence-corrected chi connectivity index (χ1v) is 11.4. The number of aryl methyl sites for hydroxylation is 1. The molecule has 0 aliphatic rings. The van der Waals surface area contributed by atoms with Crippen LogP contribution in [-0.2, 0) is 22.4 Å². The lowest BCUT2D eigenvalue weighted by Gasteiger charge is -2.19. The summed E-state index contributed by atoms with van der Waals surface area (Å²) in [6, 6.07) is 21.2. The number of carbonyl (C=O) groups is 2. The summed E-state index contributed by atoms with van der Waals surface area (Å²) in [5.41, 5.74) is 4.47. The topological polar surface area (TPSA) is 91.8 Å². The highest BCUT2D eigenvalue weighted by molar-refractivity contribution is 5.91. The molecule has 2 N–H and O–H groups in total. The van der Waals surface area contributed by atoms with Gasteiger partial charge in [-0.15, -0.1) is 0 Å². The second-order valence-corrected chi connectivity index (χ2v) is 7.96. The van der Waals surface area contributed by atoms with Gasteiger partial charge in [-0.25, -0.2) is 9.59 Å². The molecule has 2 aromatic carbocycles. The summed E-state index contributed by atoms with van der Waals surface area (Å²) in [5.74, 6) is -0.971. The number of aromatic nitrogens is 1. The van der Waals surface area contributed by atoms with Gasteiger partial charge in [0.1, 0.15) is 0 Å². The summed E-state index contributed by atoms with van der Waals surface area (Å²) in [4.78, 5) is 29.9. The quantitative estimate of drug-likeness (QED) is 0.409. The number of hydrogen-bond acceptors (Lipinski definition) is 4. The molecule has 1 atom stereocenters. The van der Waals surface area contributed by atoms with Gasteiger partial charge in [0.15, 0.2) is 6.10 Å². The maximum absolute atomic E-state index is 12.6. The summed E-state index contributed by atoms with van der Waals surface area (Å²) in [6.45, 7) is 2.72. The molecule has 7 heteroatoms. The van der Waals surface area contributed by atoms with Gasteiger partial charge in [-0.2, -0.15) is 0 Å². The minimum Gasteiger partial charge on any atom is -0.479 e. The smallest absolute Gasteiger partial charge is 0.333 e. The molecule has 0 radical (unpaired) electrons. The number of carbonyl (C=O) groups excluding carboxylic acids is 1. The molecule has 1 heterocycles. The summed E-state index contributed by atoms with van der Waals surface area (Å²) < 4.78 is 5.29. The summed E-state index contributed by atoms with van der Waals surface area (Å²) in [6.07, 6.45) is 2.89. The number of carboxylic acids is 1. The zero-order valence-electron chi connectivity index (χ0n) is 19.6. The van der Waals surface area contributed by atoms with Crippen LogP contribution in [0.3, 0.4) is 0 Å². The Hall–Kier alpha value is -3.71. The zero-order chi connectivity index (χ0) is 24.3. The molecule has 3 rings (SSSR count). The first-order chi connectivity index (χ1) is 16.5. The van der Waals surface area contributed by atoms with E-state index in [0.717, 1.165) is 35.3 Å². The number of amides is 2. The number of benzene rings is 2. The van der Waals surface area contributed by atoms with Crippen molar-refractivity contribution in [1.29, 1.82) is 0 Å². The Kier molecular flexibility index (Phi) is 9.17. The fourth-order valence-corrected chi connectivity index (χ4v) is 3.60. The Morgan fingerprint density at radius 3 is 2.47 bits per heavy atom. The monoisotopic (exact) mass is 461 g/mol. The van der Waals surface area contributed by atoms with Gasteiger partial charge in [-0.05, 0) is 43.0 Å². The van der Waals surface area contributed by atoms with E-state index in [9.17, 15) is 14.7 Å². The predicted molar refractivity (Wildman–Crippen MR) is 133 cm³/mol. The number of urea groups is 1. The maximum atomic E-state index is 12.6. The fourth-order valence-electron chi connectivity index (χ4n) is 3.60. The summed E-state index contributed by atoms with van der Waals surface area (Å²) in [5, 5.41) is 12.2. The molecule has 2 amide bonds. The molecule has 0 saturated heterocycles. The Morgan fingerprint density at radius 1 is 1.06 bits per heavy atom. The number of rotatable bonds is 11. The van der Waals surface area contributed by atoms with E-state index >= 15 is 0 Å². The fraction of sp³-hybridized carbons (Fsp3) is 0.296. The van der Waals surface area contributed by atoms with E-state index in [4.69, 9.17) is 4.74 Å². The normalized spacial score (nSPS) is 11.6. The van der Waals surface area contributed by atoms with Crippen LogP contribution < -0.4 is 10.2 Å². The molecule has 178 valence electrons. The van der Waals surface area contributed by atoms with Gasteiger partial charge in [0, 0.05) is 44.1 Å². The lowest BCUT2D eigenvalue weighted by atomic mass is 10.0. The molecular weight excluding hydrogens is 430 g/mol. The Morgan fingerprint density at radius 2 is 1.79 bits per heavy atom. The number of ether oxygens (including phenoxy) is 1. The van der Waals surface area contributed by atoms with Crippen LogP contribution in [0, 0.1) is 0 Å². The SMILES string of the molecule is CCOC(Cc1ccc(-c2cc(N(C)C(=O)NCCCc3ccccc3)ccn2)cc1)C(=O)O.